The van der Waals surface area contributed by atoms with Gasteiger partial charge < -0.3 is 23.9 Å². The second-order valence-corrected chi connectivity index (χ2v) is 10.3. The molecular formula is C28H24BrClN2O5. The summed E-state index contributed by atoms with van der Waals surface area (Å²) in [6.07, 6.45) is -0.0716. The summed E-state index contributed by atoms with van der Waals surface area (Å²) in [5, 5.41) is 1.75. The minimum atomic E-state index is -0.412. The first kappa shape index (κ1) is 24.3. The lowest BCUT2D eigenvalue weighted by molar-refractivity contribution is -0.0684. The Kier molecular flexibility index (Phi) is 6.82. The quantitative estimate of drug-likeness (QED) is 0.291. The van der Waals surface area contributed by atoms with E-state index in [2.05, 4.69) is 20.9 Å². The molecule has 0 aliphatic carbocycles. The largest absolute Gasteiger partial charge is 0.488 e. The number of carbonyl (C=O) groups excluding carboxylic acids is 1. The molecule has 1 amide bonds. The molecule has 2 aliphatic rings. The maximum Gasteiger partial charge on any atom is 0.416 e. The van der Waals surface area contributed by atoms with Gasteiger partial charge in [-0.25, -0.2) is 4.79 Å². The Morgan fingerprint density at radius 1 is 1.03 bits per heavy atom. The van der Waals surface area contributed by atoms with Gasteiger partial charge in [-0.3, -0.25) is 4.90 Å². The van der Waals surface area contributed by atoms with Gasteiger partial charge in [-0.15, -0.1) is 0 Å². The van der Waals surface area contributed by atoms with E-state index in [0.717, 1.165) is 32.2 Å². The monoisotopic (exact) mass is 582 g/mol. The van der Waals surface area contributed by atoms with E-state index < -0.39 is 6.09 Å². The van der Waals surface area contributed by atoms with Crippen LogP contribution in [0.4, 0.5) is 4.79 Å². The second kappa shape index (κ2) is 10.4. The average molecular weight is 584 g/mol. The number of fused-ring (bicyclic) bond motifs is 3. The van der Waals surface area contributed by atoms with E-state index in [9.17, 15) is 4.79 Å². The van der Waals surface area contributed by atoms with Crippen LogP contribution < -0.4 is 9.47 Å². The fraction of sp³-hybridized carbons (Fsp3) is 0.250. The molecule has 3 heterocycles. The van der Waals surface area contributed by atoms with Crippen LogP contribution in [-0.4, -0.2) is 48.6 Å². The van der Waals surface area contributed by atoms with E-state index >= 15 is 0 Å². The van der Waals surface area contributed by atoms with Gasteiger partial charge in [-0.2, -0.15) is 0 Å². The first-order valence-electron chi connectivity index (χ1n) is 12.0. The summed E-state index contributed by atoms with van der Waals surface area (Å²) in [4.78, 5) is 18.7. The number of hydrogen-bond acceptors (Lipinski definition) is 5. The fourth-order valence-electron chi connectivity index (χ4n) is 4.88. The van der Waals surface area contributed by atoms with E-state index in [1.165, 1.54) is 0 Å². The average Bonchev–Trinajstić information content (AvgIpc) is 3.56. The van der Waals surface area contributed by atoms with Gasteiger partial charge in [0.25, 0.3) is 0 Å². The molecule has 1 aromatic heterocycles. The summed E-state index contributed by atoms with van der Waals surface area (Å²) in [5.74, 6) is 1.19. The molecule has 4 aromatic rings. The summed E-state index contributed by atoms with van der Waals surface area (Å²) in [7, 11) is 0. The molecule has 9 heteroatoms. The first-order chi connectivity index (χ1) is 18.0. The molecule has 6 rings (SSSR count). The van der Waals surface area contributed by atoms with Crippen molar-refractivity contribution in [3.8, 4) is 11.5 Å². The van der Waals surface area contributed by atoms with Crippen molar-refractivity contribution in [3.63, 3.8) is 0 Å². The Balaban J connectivity index is 1.32. The maximum absolute atomic E-state index is 13.4. The smallest absolute Gasteiger partial charge is 0.416 e. The van der Waals surface area contributed by atoms with Gasteiger partial charge in [0, 0.05) is 32.6 Å². The van der Waals surface area contributed by atoms with Crippen LogP contribution in [-0.2, 0) is 15.9 Å². The van der Waals surface area contributed by atoms with E-state index in [1.807, 2.05) is 54.6 Å². The molecule has 1 N–H and O–H groups in total. The molecule has 3 aromatic carbocycles. The number of aromatic amines is 1. The third-order valence-corrected chi connectivity index (χ3v) is 7.38. The molecular weight excluding hydrogens is 560 g/mol. The van der Waals surface area contributed by atoms with E-state index in [4.69, 9.17) is 30.5 Å². The molecule has 0 saturated carbocycles. The molecule has 1 atom stereocenters. The Hall–Kier alpha value is -3.04. The highest BCUT2D eigenvalue weighted by atomic mass is 79.9. The number of ether oxygens (including phenoxy) is 4. The summed E-state index contributed by atoms with van der Waals surface area (Å²) in [6, 6.07) is 20.4. The number of aromatic nitrogens is 1. The summed E-state index contributed by atoms with van der Waals surface area (Å²) in [5.41, 5.74) is 4.04. The highest BCUT2D eigenvalue weighted by Gasteiger charge is 2.36. The van der Waals surface area contributed by atoms with Crippen molar-refractivity contribution in [2.24, 2.45) is 0 Å². The van der Waals surface area contributed by atoms with Crippen LogP contribution in [0.3, 0.4) is 0 Å². The van der Waals surface area contributed by atoms with Crippen molar-refractivity contribution in [2.45, 2.75) is 18.8 Å². The van der Waals surface area contributed by atoms with E-state index in [1.54, 1.807) is 17.0 Å². The minimum Gasteiger partial charge on any atom is -0.488 e. The summed E-state index contributed by atoms with van der Waals surface area (Å²) < 4.78 is 23.4. The van der Waals surface area contributed by atoms with Crippen LogP contribution in [0.2, 0.25) is 5.02 Å². The number of nitrogens with zero attached hydrogens (tertiary/aromatic N) is 1. The number of carbonyl (C=O) groups is 1. The Bertz CT molecular complexity index is 1420. The molecule has 2 aliphatic heterocycles. The lowest BCUT2D eigenvalue weighted by Crippen LogP contribution is -2.42. The molecule has 1 unspecified atom stereocenters. The number of benzene rings is 3. The number of hydrogen-bond donors (Lipinski definition) is 1. The van der Waals surface area contributed by atoms with Crippen molar-refractivity contribution in [1.82, 2.24) is 9.88 Å². The topological polar surface area (TPSA) is 73.0 Å². The Labute approximate surface area is 227 Å². The molecule has 37 heavy (non-hydrogen) atoms. The predicted octanol–water partition coefficient (Wildman–Crippen LogP) is 6.48. The highest BCUT2D eigenvalue weighted by molar-refractivity contribution is 9.10. The van der Waals surface area contributed by atoms with Gasteiger partial charge >= 0.3 is 6.09 Å². The van der Waals surface area contributed by atoms with Gasteiger partial charge in [0.1, 0.15) is 24.1 Å². The van der Waals surface area contributed by atoms with Crippen molar-refractivity contribution in [3.05, 3.63) is 93.0 Å². The lowest BCUT2D eigenvalue weighted by Gasteiger charge is -2.35. The van der Waals surface area contributed by atoms with Crippen molar-refractivity contribution in [2.75, 3.05) is 26.4 Å². The molecule has 1 fully saturated rings. The Morgan fingerprint density at radius 2 is 1.76 bits per heavy atom. The molecule has 0 spiro atoms. The standard InChI is InChI=1S/C28H24BrClN2O5/c29-18-3-8-21(9-4-18)37-28(33)32-12-11-22-23-15-19(30)5-10-24(23)31-26(22)27(32)17-1-6-20(7-2-17)36-16-25-34-13-14-35-25/h1-10,15,25,27,31H,11-14,16H2. The number of H-pyrrole nitrogens is 1. The molecule has 7 nitrogen and oxygen atoms in total. The van der Waals surface area contributed by atoms with Crippen molar-refractivity contribution in [1.29, 1.82) is 0 Å². The maximum atomic E-state index is 13.4. The number of halogens is 2. The third-order valence-electron chi connectivity index (χ3n) is 6.62. The van der Waals surface area contributed by atoms with Gasteiger partial charge in [0.05, 0.1) is 13.2 Å². The zero-order chi connectivity index (χ0) is 25.4. The van der Waals surface area contributed by atoms with Crippen LogP contribution >= 0.6 is 27.5 Å². The van der Waals surface area contributed by atoms with Gasteiger partial charge in [-0.1, -0.05) is 39.7 Å². The van der Waals surface area contributed by atoms with Gasteiger partial charge in [0.2, 0.25) is 0 Å². The Morgan fingerprint density at radius 3 is 2.51 bits per heavy atom. The van der Waals surface area contributed by atoms with Gasteiger partial charge in [0.15, 0.2) is 6.29 Å². The second-order valence-electron chi connectivity index (χ2n) is 8.93. The molecule has 0 bridgehead atoms. The third kappa shape index (κ3) is 5.07. The first-order valence-corrected chi connectivity index (χ1v) is 13.2. The zero-order valence-electron chi connectivity index (χ0n) is 19.8. The van der Waals surface area contributed by atoms with Crippen LogP contribution in [0.1, 0.15) is 22.9 Å². The SMILES string of the molecule is O=C(Oc1ccc(Br)cc1)N1CCc2c([nH]c3ccc(Cl)cc23)C1c1ccc(OCC2OCCO2)cc1. The number of nitrogens with one attached hydrogen (secondary N) is 1. The molecule has 0 radical (unpaired) electrons. The zero-order valence-corrected chi connectivity index (χ0v) is 22.1. The van der Waals surface area contributed by atoms with Crippen LogP contribution in [0.5, 0.6) is 11.5 Å². The predicted molar refractivity (Wildman–Crippen MR) is 143 cm³/mol. The normalized spacial score (nSPS) is 17.7. The highest BCUT2D eigenvalue weighted by Crippen LogP contribution is 2.40. The molecule has 190 valence electrons. The summed E-state index contributed by atoms with van der Waals surface area (Å²) >= 11 is 9.73. The van der Waals surface area contributed by atoms with Crippen LogP contribution in [0.25, 0.3) is 10.9 Å². The fourth-order valence-corrected chi connectivity index (χ4v) is 5.32. The summed E-state index contributed by atoms with van der Waals surface area (Å²) in [6.45, 7) is 1.99. The van der Waals surface area contributed by atoms with E-state index in [-0.39, 0.29) is 12.3 Å². The van der Waals surface area contributed by atoms with E-state index in [0.29, 0.717) is 49.3 Å². The number of amides is 1. The number of rotatable bonds is 5. The van der Waals surface area contributed by atoms with Crippen LogP contribution in [0, 0.1) is 0 Å². The lowest BCUT2D eigenvalue weighted by atomic mass is 9.92. The van der Waals surface area contributed by atoms with Crippen molar-refractivity contribution < 1.29 is 23.7 Å². The van der Waals surface area contributed by atoms with Crippen molar-refractivity contribution >= 4 is 44.5 Å². The molecule has 1 saturated heterocycles. The van der Waals surface area contributed by atoms with Crippen LogP contribution in [0.15, 0.2) is 71.2 Å². The minimum absolute atomic E-state index is 0.321. The van der Waals surface area contributed by atoms with Gasteiger partial charge in [-0.05, 0) is 72.1 Å².